The summed E-state index contributed by atoms with van der Waals surface area (Å²) in [6.45, 7) is 4.87. The molecule has 2 heterocycles. The van der Waals surface area contributed by atoms with E-state index in [1.54, 1.807) is 21.2 Å². The van der Waals surface area contributed by atoms with Gasteiger partial charge in [-0.1, -0.05) is 13.8 Å². The van der Waals surface area contributed by atoms with Gasteiger partial charge in [-0.05, 0) is 69.6 Å². The van der Waals surface area contributed by atoms with Crippen molar-refractivity contribution in [3.63, 3.8) is 0 Å². The summed E-state index contributed by atoms with van der Waals surface area (Å²) in [5, 5.41) is 0. The first-order valence-electron chi connectivity index (χ1n) is 17.9. The summed E-state index contributed by atoms with van der Waals surface area (Å²) < 4.78 is 136. The third-order valence-electron chi connectivity index (χ3n) is 8.37. The minimum atomic E-state index is -4.80. The third-order valence-corrected chi connectivity index (χ3v) is 11.7. The Kier molecular flexibility index (Phi) is 18.3. The Hall–Kier alpha value is -5.26. The molecule has 2 aromatic heterocycles. The first-order valence-corrected chi connectivity index (χ1v) is 21.4. The number of halogens is 6. The van der Waals surface area contributed by atoms with Crippen LogP contribution in [0.2, 0.25) is 0 Å². The minimum absolute atomic E-state index is 0.0392. The molecule has 0 bridgehead atoms. The molecule has 15 nitrogen and oxygen atoms in total. The number of carbonyl (C=O) groups excluding carboxylic acids is 2. The van der Waals surface area contributed by atoms with Crippen LogP contribution in [0.4, 0.5) is 26.3 Å². The van der Waals surface area contributed by atoms with Gasteiger partial charge in [-0.2, -0.15) is 0 Å². The molecule has 0 spiro atoms. The van der Waals surface area contributed by atoms with Crippen molar-refractivity contribution in [2.45, 2.75) is 39.7 Å². The smallest absolute Gasteiger partial charge is 0.406 e. The molecule has 0 N–H and O–H groups in total. The van der Waals surface area contributed by atoms with Gasteiger partial charge in [0.1, 0.15) is 28.4 Å². The number of Topliss-reactive ketones (excluding diaryl/α,β-unsaturated/α-hetero) is 2. The summed E-state index contributed by atoms with van der Waals surface area (Å²) in [7, 11) is 4.59. The van der Waals surface area contributed by atoms with Gasteiger partial charge >= 0.3 is 12.7 Å². The van der Waals surface area contributed by atoms with Gasteiger partial charge in [-0.15, -0.1) is 26.3 Å². The van der Waals surface area contributed by atoms with Crippen LogP contribution in [0, 0.1) is 0 Å². The van der Waals surface area contributed by atoms with Gasteiger partial charge in [0.2, 0.25) is 11.6 Å². The lowest BCUT2D eigenvalue weighted by Gasteiger charge is -2.16. The summed E-state index contributed by atoms with van der Waals surface area (Å²) in [4.78, 5) is 36.0. The monoisotopic (exact) mass is 910 g/mol. The van der Waals surface area contributed by atoms with E-state index in [-0.39, 0.29) is 45.8 Å². The lowest BCUT2D eigenvalue weighted by Crippen LogP contribution is -2.25. The summed E-state index contributed by atoms with van der Waals surface area (Å²) in [5.41, 5.74) is 1.85. The molecule has 0 aliphatic rings. The van der Waals surface area contributed by atoms with Crippen molar-refractivity contribution >= 4 is 31.2 Å². The van der Waals surface area contributed by atoms with Gasteiger partial charge in [-0.25, -0.2) is 26.8 Å². The maximum atomic E-state index is 12.9. The Bertz CT molecular complexity index is 2340. The van der Waals surface area contributed by atoms with Crippen LogP contribution in [-0.2, 0) is 38.5 Å². The fourth-order valence-electron chi connectivity index (χ4n) is 4.84. The highest BCUT2D eigenvalue weighted by molar-refractivity contribution is 7.96. The largest absolute Gasteiger partial charge is 0.573 e. The predicted octanol–water partition coefficient (Wildman–Crippen LogP) is 6.15. The Morgan fingerprint density at radius 3 is 1.48 bits per heavy atom. The van der Waals surface area contributed by atoms with E-state index in [0.717, 1.165) is 24.3 Å². The van der Waals surface area contributed by atoms with Crippen molar-refractivity contribution in [3.8, 4) is 34.0 Å². The van der Waals surface area contributed by atoms with Crippen molar-refractivity contribution in [1.29, 1.82) is 0 Å². The molecule has 4 rings (SSSR count). The fraction of sp³-hybridized carbons (Fsp3) is 0.421. The molecule has 0 aliphatic carbocycles. The molecular weight excluding hydrogens is 863 g/mol. The second kappa shape index (κ2) is 21.5. The van der Waals surface area contributed by atoms with E-state index in [0.29, 0.717) is 22.5 Å². The van der Waals surface area contributed by atoms with Crippen LogP contribution < -0.4 is 9.47 Å². The number of hydrogen-bond acceptors (Lipinski definition) is 13. The second-order valence-corrected chi connectivity index (χ2v) is 17.9. The molecule has 0 fully saturated rings. The molecule has 0 amide bonds. The molecule has 338 valence electrons. The Morgan fingerprint density at radius 1 is 0.738 bits per heavy atom. The van der Waals surface area contributed by atoms with Crippen molar-refractivity contribution in [3.05, 3.63) is 83.7 Å². The zero-order valence-corrected chi connectivity index (χ0v) is 36.6. The van der Waals surface area contributed by atoms with Crippen molar-refractivity contribution in [1.82, 2.24) is 28.9 Å². The number of hydrogen-bond donors (Lipinski definition) is 0. The Labute approximate surface area is 350 Å². The van der Waals surface area contributed by atoms with Crippen LogP contribution >= 0.6 is 0 Å². The molecule has 0 radical (unpaired) electrons. The first kappa shape index (κ1) is 51.9. The second-order valence-electron chi connectivity index (χ2n) is 13.3. The van der Waals surface area contributed by atoms with Crippen LogP contribution in [0.25, 0.3) is 22.5 Å². The van der Waals surface area contributed by atoms with Crippen molar-refractivity contribution in [2.24, 2.45) is 14.1 Å². The number of carbonyl (C=O) groups is 2. The number of ether oxygens (including phenoxy) is 3. The number of methoxy groups -OCH3 is 1. The molecule has 0 aliphatic heterocycles. The molecule has 1 atom stereocenters. The Morgan fingerprint density at radius 2 is 1.15 bits per heavy atom. The molecule has 23 heteroatoms. The molecule has 0 saturated carbocycles. The van der Waals surface area contributed by atoms with Gasteiger partial charge in [0.05, 0.1) is 29.5 Å². The van der Waals surface area contributed by atoms with Gasteiger partial charge in [0.15, 0.2) is 31.3 Å². The van der Waals surface area contributed by atoms with Crippen LogP contribution in [0.3, 0.4) is 0 Å². The van der Waals surface area contributed by atoms with Gasteiger partial charge in [0.25, 0.3) is 0 Å². The molecule has 2 aromatic carbocycles. The van der Waals surface area contributed by atoms with Crippen molar-refractivity contribution in [2.75, 3.05) is 52.6 Å². The topological polar surface area (TPSA) is 172 Å². The van der Waals surface area contributed by atoms with E-state index >= 15 is 0 Å². The minimum Gasteiger partial charge on any atom is -0.406 e. The van der Waals surface area contributed by atoms with Gasteiger partial charge < -0.3 is 28.2 Å². The summed E-state index contributed by atoms with van der Waals surface area (Å²) in [6.07, 6.45) is -5.42. The highest BCUT2D eigenvalue weighted by Crippen LogP contribution is 2.29. The van der Waals surface area contributed by atoms with Gasteiger partial charge in [0, 0.05) is 58.4 Å². The number of sulfone groups is 2. The number of allylic oxidation sites excluding steroid dienone is 1. The Balaban J connectivity index is 0.000000366. The number of imidazole rings is 2. The average molecular weight is 911 g/mol. The van der Waals surface area contributed by atoms with E-state index in [1.165, 1.54) is 84.8 Å². The fourth-order valence-corrected chi connectivity index (χ4v) is 6.63. The quantitative estimate of drug-likeness (QED) is 0.0576. The van der Waals surface area contributed by atoms with Crippen LogP contribution in [0.5, 0.6) is 11.5 Å². The zero-order valence-electron chi connectivity index (χ0n) is 35.0. The predicted molar refractivity (Wildman–Crippen MR) is 215 cm³/mol. The number of ketones is 2. The number of benzene rings is 2. The average Bonchev–Trinajstić information content (AvgIpc) is 3.74. The van der Waals surface area contributed by atoms with Crippen LogP contribution in [0.1, 0.15) is 42.0 Å². The number of alkyl halides is 6. The third kappa shape index (κ3) is 15.9. The van der Waals surface area contributed by atoms with Crippen LogP contribution in [0.15, 0.2) is 72.0 Å². The van der Waals surface area contributed by atoms with Gasteiger partial charge in [-0.3, -0.25) is 14.5 Å². The van der Waals surface area contributed by atoms with E-state index in [9.17, 15) is 52.8 Å². The highest BCUT2D eigenvalue weighted by atomic mass is 32.2. The normalized spacial score (nSPS) is 12.8. The van der Waals surface area contributed by atoms with E-state index in [4.69, 9.17) is 4.74 Å². The number of rotatable bonds is 15. The molecule has 4 aromatic rings. The maximum absolute atomic E-state index is 12.9. The number of aromatic nitrogens is 4. The van der Waals surface area contributed by atoms with E-state index in [2.05, 4.69) is 19.4 Å². The number of nitrogens with zero attached hydrogens (tertiary/aromatic N) is 6. The summed E-state index contributed by atoms with van der Waals surface area (Å²) in [5.74, 6) is -3.38. The molecule has 1 unspecified atom stereocenters. The van der Waals surface area contributed by atoms with Crippen LogP contribution in [-0.4, -0.2) is 129 Å². The molecular formula is C38H48F6N6O9S2. The molecule has 61 heavy (non-hydrogen) atoms. The van der Waals surface area contributed by atoms with E-state index < -0.39 is 49.7 Å². The zero-order chi connectivity index (χ0) is 46.7. The SMILES string of the molecule is CCS(=O)(=O)C(=CN(C)C)C(=O)c1ncc(-c2ccc(OC(F)(F)F)cc2)n1C.CCS(=O)(=O)CC(=O)c1ncc(-c2ccc(OC(F)(F)F)cc2)n1C.COC(C)N(C)C. The highest BCUT2D eigenvalue weighted by Gasteiger charge is 2.32. The van der Waals surface area contributed by atoms with Crippen molar-refractivity contribution < 1.29 is 67.0 Å². The first-order chi connectivity index (χ1) is 28.1. The standard InChI is InChI=1S/C18H20F3N3O4S.C15H15F3N2O4S.C5H13NO/c1-5-29(26,27)15(11-23(2)3)16(25)17-22-10-14(24(17)4)12-6-8-13(9-7-12)28-18(19,20)21;1-3-25(22,23)9-13(21)14-19-8-12(20(14)2)10-4-6-11(7-5-10)24-15(16,17)18;1-5(7-4)6(2)3/h6-11H,5H2,1-4H3;4-8H,3,9H2,1-2H3;5H,1-4H3. The maximum Gasteiger partial charge on any atom is 0.573 e. The van der Waals surface area contributed by atoms with E-state index in [1.807, 2.05) is 25.9 Å². The lowest BCUT2D eigenvalue weighted by atomic mass is 10.1. The summed E-state index contributed by atoms with van der Waals surface area (Å²) in [6, 6.07) is 10.1. The molecule has 0 saturated heterocycles. The summed E-state index contributed by atoms with van der Waals surface area (Å²) >= 11 is 0. The lowest BCUT2D eigenvalue weighted by molar-refractivity contribution is -0.275.